The number of aromatic nitrogens is 5. The number of carbonyl (C=O) groups is 1. The minimum atomic E-state index is -0.473. The predicted octanol–water partition coefficient (Wildman–Crippen LogP) is 3.26. The number of rotatable bonds is 9. The van der Waals surface area contributed by atoms with Crippen LogP contribution in [-0.4, -0.2) is 36.9 Å². The monoisotopic (exact) mass is 462 g/mol. The van der Waals surface area contributed by atoms with Crippen molar-refractivity contribution in [1.29, 1.82) is 0 Å². The van der Waals surface area contributed by atoms with Crippen LogP contribution in [0.1, 0.15) is 35.1 Å². The minimum absolute atomic E-state index is 0.0487. The maximum Gasteiger partial charge on any atom is 0.293 e. The average molecular weight is 463 g/mol. The van der Waals surface area contributed by atoms with Gasteiger partial charge in [-0.05, 0) is 47.8 Å². The molecule has 2 aromatic heterocycles. The second kappa shape index (κ2) is 10.6. The Morgan fingerprint density at radius 2 is 1.85 bits per heavy atom. The third-order valence-electron chi connectivity index (χ3n) is 4.76. The summed E-state index contributed by atoms with van der Waals surface area (Å²) < 4.78 is 6.05. The van der Waals surface area contributed by atoms with Crippen LogP contribution < -0.4 is 11.2 Å². The van der Waals surface area contributed by atoms with E-state index in [0.717, 1.165) is 23.4 Å². The van der Waals surface area contributed by atoms with Crippen molar-refractivity contribution in [2.45, 2.75) is 30.4 Å². The lowest BCUT2D eigenvalue weighted by Gasteiger charge is -2.06. The van der Waals surface area contributed by atoms with Crippen LogP contribution in [0.4, 0.5) is 5.82 Å². The van der Waals surface area contributed by atoms with E-state index < -0.39 is 5.91 Å². The van der Waals surface area contributed by atoms with Crippen LogP contribution >= 0.6 is 11.8 Å². The van der Waals surface area contributed by atoms with Gasteiger partial charge in [0.2, 0.25) is 11.6 Å². The van der Waals surface area contributed by atoms with E-state index in [1.54, 1.807) is 0 Å². The van der Waals surface area contributed by atoms with Gasteiger partial charge in [-0.1, -0.05) is 53.7 Å². The quantitative estimate of drug-likeness (QED) is 0.220. The molecule has 3 N–H and O–H groups in total. The van der Waals surface area contributed by atoms with E-state index in [-0.39, 0.29) is 17.3 Å². The first-order valence-corrected chi connectivity index (χ1v) is 11.2. The second-order valence-electron chi connectivity index (χ2n) is 7.14. The van der Waals surface area contributed by atoms with Gasteiger partial charge in [0.05, 0.1) is 5.69 Å². The van der Waals surface area contributed by atoms with Gasteiger partial charge in [-0.25, -0.2) is 10.1 Å². The number of hydrogen-bond donors (Lipinski definition) is 2. The third kappa shape index (κ3) is 5.63. The van der Waals surface area contributed by atoms with Gasteiger partial charge in [0, 0.05) is 16.4 Å². The zero-order valence-corrected chi connectivity index (χ0v) is 18.7. The van der Waals surface area contributed by atoms with Gasteiger partial charge in [-0.15, -0.1) is 16.9 Å². The number of benzene rings is 2. The summed E-state index contributed by atoms with van der Waals surface area (Å²) in [5, 5.41) is 19.7. The largest absolute Gasteiger partial charge is 0.378 e. The lowest BCUT2D eigenvalue weighted by atomic mass is 10.1. The molecule has 2 aromatic carbocycles. The molecule has 0 radical (unpaired) electrons. The van der Waals surface area contributed by atoms with Gasteiger partial charge in [0.25, 0.3) is 5.91 Å². The summed E-state index contributed by atoms with van der Waals surface area (Å²) in [5.74, 6) is 0.141. The number of aryl methyl sites for hydroxylation is 1. The molecule has 168 valence electrons. The van der Waals surface area contributed by atoms with E-state index >= 15 is 0 Å². The van der Waals surface area contributed by atoms with E-state index in [9.17, 15) is 4.79 Å². The number of carbonyl (C=O) groups excluding carboxylic acids is 1. The number of hydrazone groups is 1. The van der Waals surface area contributed by atoms with E-state index in [2.05, 4.69) is 47.9 Å². The molecule has 0 aliphatic heterocycles. The molecule has 2 heterocycles. The topological polar surface area (TPSA) is 137 Å². The summed E-state index contributed by atoms with van der Waals surface area (Å²) in [6, 6.07) is 19.9. The summed E-state index contributed by atoms with van der Waals surface area (Å²) in [6.45, 7) is 1.87. The van der Waals surface area contributed by atoms with E-state index in [1.165, 1.54) is 22.0 Å². The second-order valence-corrected chi connectivity index (χ2v) is 8.19. The molecule has 0 saturated heterocycles. The summed E-state index contributed by atoms with van der Waals surface area (Å²) in [5.41, 5.74) is 11.0. The van der Waals surface area contributed by atoms with Crippen LogP contribution in [-0.2, 0) is 12.2 Å². The van der Waals surface area contributed by atoms with Crippen LogP contribution in [0.3, 0.4) is 0 Å². The van der Waals surface area contributed by atoms with Crippen LogP contribution in [0.25, 0.3) is 5.82 Å². The van der Waals surface area contributed by atoms with Gasteiger partial charge >= 0.3 is 0 Å². The fourth-order valence-corrected chi connectivity index (χ4v) is 3.92. The Bertz CT molecular complexity index is 1240. The molecule has 0 atom stereocenters. The standard InChI is InChI=1S/C22H22N8O2S/c1-15(12-13-16-8-4-2-5-9-16)24-26-22(31)19-18(14-33-17-10-6-3-7-11-17)30(29-25-19)21-20(23)27-32-28-21/h2-11H,12-14H2,1H3,(H2,23,27)(H,26,31)/b24-15+. The molecule has 0 aliphatic carbocycles. The highest BCUT2D eigenvalue weighted by molar-refractivity contribution is 7.98. The summed E-state index contributed by atoms with van der Waals surface area (Å²) in [4.78, 5) is 13.9. The number of hydrogen-bond acceptors (Lipinski definition) is 9. The summed E-state index contributed by atoms with van der Waals surface area (Å²) in [6.07, 6.45) is 1.55. The average Bonchev–Trinajstić information content (AvgIpc) is 3.46. The van der Waals surface area contributed by atoms with Gasteiger partial charge in [-0.3, -0.25) is 4.79 Å². The summed E-state index contributed by atoms with van der Waals surface area (Å²) >= 11 is 1.52. The van der Waals surface area contributed by atoms with Gasteiger partial charge < -0.3 is 5.73 Å². The molecule has 0 fully saturated rings. The van der Waals surface area contributed by atoms with E-state index in [1.807, 2.05) is 55.5 Å². The Balaban J connectivity index is 1.50. The molecule has 0 unspecified atom stereocenters. The van der Waals surface area contributed by atoms with Gasteiger partial charge in [-0.2, -0.15) is 9.78 Å². The van der Waals surface area contributed by atoms with Crippen molar-refractivity contribution in [2.24, 2.45) is 5.10 Å². The fraction of sp³-hybridized carbons (Fsp3) is 0.182. The Hall–Kier alpha value is -3.99. The number of anilines is 1. The third-order valence-corrected chi connectivity index (χ3v) is 5.78. The SMILES string of the molecule is C/C(CCc1ccccc1)=N\NC(=O)c1nnn(-c2nonc2N)c1CSc1ccccc1. The normalized spacial score (nSPS) is 11.5. The Labute approximate surface area is 194 Å². The molecule has 4 rings (SSSR count). The molecule has 1 amide bonds. The van der Waals surface area contributed by atoms with Gasteiger partial charge in [0.1, 0.15) is 0 Å². The van der Waals surface area contributed by atoms with Crippen molar-refractivity contribution in [3.05, 3.63) is 77.6 Å². The fourth-order valence-electron chi connectivity index (χ4n) is 3.01. The number of nitrogens with one attached hydrogen (secondary N) is 1. The summed E-state index contributed by atoms with van der Waals surface area (Å²) in [7, 11) is 0. The molecule has 11 heteroatoms. The number of amides is 1. The van der Waals surface area contributed by atoms with Crippen LogP contribution in [0, 0.1) is 0 Å². The molecule has 4 aromatic rings. The van der Waals surface area contributed by atoms with Crippen LogP contribution in [0.5, 0.6) is 0 Å². The minimum Gasteiger partial charge on any atom is -0.378 e. The first kappa shape index (κ1) is 22.2. The van der Waals surface area contributed by atoms with Crippen LogP contribution in [0.15, 0.2) is 75.3 Å². The molecule has 33 heavy (non-hydrogen) atoms. The maximum atomic E-state index is 12.9. The zero-order chi connectivity index (χ0) is 23.0. The predicted molar refractivity (Wildman–Crippen MR) is 125 cm³/mol. The Morgan fingerprint density at radius 3 is 2.55 bits per heavy atom. The highest BCUT2D eigenvalue weighted by Gasteiger charge is 2.24. The number of nitrogens with two attached hydrogens (primary N) is 1. The highest BCUT2D eigenvalue weighted by Crippen LogP contribution is 2.25. The molecule has 0 bridgehead atoms. The van der Waals surface area contributed by atoms with Crippen molar-refractivity contribution in [3.8, 4) is 5.82 Å². The molecule has 10 nitrogen and oxygen atoms in total. The lowest BCUT2D eigenvalue weighted by molar-refractivity contribution is 0.0949. The first-order chi connectivity index (χ1) is 16.1. The number of nitrogen functional groups attached to an aromatic ring is 1. The molecular formula is C22H22N8O2S. The van der Waals surface area contributed by atoms with Crippen molar-refractivity contribution in [3.63, 3.8) is 0 Å². The van der Waals surface area contributed by atoms with Gasteiger partial charge in [0.15, 0.2) is 5.69 Å². The lowest BCUT2D eigenvalue weighted by Crippen LogP contribution is -2.21. The molecule has 0 saturated carbocycles. The van der Waals surface area contributed by atoms with E-state index in [4.69, 9.17) is 5.73 Å². The number of thioether (sulfide) groups is 1. The van der Waals surface area contributed by atoms with Crippen molar-refractivity contribution < 1.29 is 9.42 Å². The Morgan fingerprint density at radius 1 is 1.12 bits per heavy atom. The Kier molecular flexibility index (Phi) is 7.10. The van der Waals surface area contributed by atoms with Crippen molar-refractivity contribution in [2.75, 3.05) is 5.73 Å². The van der Waals surface area contributed by atoms with Crippen LogP contribution in [0.2, 0.25) is 0 Å². The molecule has 0 spiro atoms. The van der Waals surface area contributed by atoms with Crippen molar-refractivity contribution in [1.82, 2.24) is 30.7 Å². The highest BCUT2D eigenvalue weighted by atomic mass is 32.2. The smallest absolute Gasteiger partial charge is 0.293 e. The van der Waals surface area contributed by atoms with Crippen molar-refractivity contribution >= 4 is 29.2 Å². The molecular weight excluding hydrogens is 440 g/mol. The van der Waals surface area contributed by atoms with E-state index in [0.29, 0.717) is 11.4 Å². The maximum absolute atomic E-state index is 12.9. The number of nitrogens with zero attached hydrogens (tertiary/aromatic N) is 6. The molecule has 0 aliphatic rings. The first-order valence-electron chi connectivity index (χ1n) is 10.2. The zero-order valence-electron chi connectivity index (χ0n) is 17.9.